The van der Waals surface area contributed by atoms with Crippen LogP contribution < -0.4 is 9.64 Å². The Morgan fingerprint density at radius 2 is 1.39 bits per heavy atom. The Bertz CT molecular complexity index is 515. The predicted octanol–water partition coefficient (Wildman–Crippen LogP) is 8.13. The van der Waals surface area contributed by atoms with Crippen LogP contribution in [0.1, 0.15) is 111 Å². The molecule has 2 heteroatoms. The number of rotatable bonds is 16. The maximum Gasteiger partial charge on any atom is 0.142 e. The van der Waals surface area contributed by atoms with Gasteiger partial charge in [-0.15, -0.1) is 0 Å². The SMILES string of the molecule is CCCCCC(C)(C)c1ccc(OCCCC)c(N(CCCC)CCCC)c1. The van der Waals surface area contributed by atoms with E-state index in [0.717, 1.165) is 31.9 Å². The van der Waals surface area contributed by atoms with Crippen molar-refractivity contribution >= 4 is 5.69 Å². The number of unbranched alkanes of at least 4 members (excludes halogenated alkanes) is 5. The third-order valence-corrected chi connectivity index (χ3v) is 5.81. The van der Waals surface area contributed by atoms with E-state index < -0.39 is 0 Å². The summed E-state index contributed by atoms with van der Waals surface area (Å²) in [4.78, 5) is 2.58. The van der Waals surface area contributed by atoms with Crippen LogP contribution in [0, 0.1) is 0 Å². The van der Waals surface area contributed by atoms with E-state index in [4.69, 9.17) is 4.74 Å². The largest absolute Gasteiger partial charge is 0.491 e. The lowest BCUT2D eigenvalue weighted by Gasteiger charge is -2.31. The van der Waals surface area contributed by atoms with Gasteiger partial charge in [0.2, 0.25) is 0 Å². The van der Waals surface area contributed by atoms with Crippen molar-refractivity contribution in [2.75, 3.05) is 24.6 Å². The quantitative estimate of drug-likeness (QED) is 0.265. The van der Waals surface area contributed by atoms with Gasteiger partial charge in [-0.1, -0.05) is 86.1 Å². The number of anilines is 1. The molecule has 1 aromatic carbocycles. The normalized spacial score (nSPS) is 11.6. The molecule has 1 aromatic rings. The number of hydrogen-bond donors (Lipinski definition) is 0. The van der Waals surface area contributed by atoms with Crippen LogP contribution in [-0.2, 0) is 5.41 Å². The molecule has 1 rings (SSSR count). The van der Waals surface area contributed by atoms with Crippen molar-refractivity contribution in [1.29, 1.82) is 0 Å². The highest BCUT2D eigenvalue weighted by Crippen LogP contribution is 2.37. The molecule has 0 aliphatic heterocycles. The van der Waals surface area contributed by atoms with Crippen molar-refractivity contribution in [3.63, 3.8) is 0 Å². The van der Waals surface area contributed by atoms with Crippen molar-refractivity contribution in [1.82, 2.24) is 0 Å². The van der Waals surface area contributed by atoms with Crippen molar-refractivity contribution in [2.24, 2.45) is 0 Å². The van der Waals surface area contributed by atoms with Crippen molar-refractivity contribution in [2.45, 2.75) is 111 Å². The van der Waals surface area contributed by atoms with E-state index in [0.29, 0.717) is 0 Å². The number of ether oxygens (including phenoxy) is 1. The highest BCUT2D eigenvalue weighted by atomic mass is 16.5. The van der Waals surface area contributed by atoms with Crippen LogP contribution in [0.4, 0.5) is 5.69 Å². The minimum atomic E-state index is 0.215. The van der Waals surface area contributed by atoms with Crippen LogP contribution in [0.2, 0.25) is 0 Å². The highest BCUT2D eigenvalue weighted by Gasteiger charge is 2.23. The molecule has 0 heterocycles. The second-order valence-electron chi connectivity index (χ2n) is 8.92. The first-order valence-electron chi connectivity index (χ1n) is 12.0. The molecule has 0 radical (unpaired) electrons. The number of hydrogen-bond acceptors (Lipinski definition) is 2. The van der Waals surface area contributed by atoms with Crippen LogP contribution >= 0.6 is 0 Å². The molecule has 0 spiro atoms. The fourth-order valence-electron chi connectivity index (χ4n) is 3.65. The summed E-state index contributed by atoms with van der Waals surface area (Å²) >= 11 is 0. The molecule has 0 saturated heterocycles. The summed E-state index contributed by atoms with van der Waals surface area (Å²) in [5, 5.41) is 0. The van der Waals surface area contributed by atoms with E-state index in [1.165, 1.54) is 69.0 Å². The average Bonchev–Trinajstić information content (AvgIpc) is 2.69. The van der Waals surface area contributed by atoms with Crippen molar-refractivity contribution in [3.05, 3.63) is 23.8 Å². The topological polar surface area (TPSA) is 12.5 Å². The van der Waals surface area contributed by atoms with Gasteiger partial charge in [-0.2, -0.15) is 0 Å². The second kappa shape index (κ2) is 13.9. The van der Waals surface area contributed by atoms with Crippen LogP contribution in [0.25, 0.3) is 0 Å². The monoisotopic (exact) mass is 389 g/mol. The fraction of sp³-hybridized carbons (Fsp3) is 0.769. The Kier molecular flexibility index (Phi) is 12.3. The Morgan fingerprint density at radius 1 is 0.786 bits per heavy atom. The molecule has 0 N–H and O–H groups in total. The molecule has 0 bridgehead atoms. The van der Waals surface area contributed by atoms with Crippen LogP contribution in [0.15, 0.2) is 18.2 Å². The Morgan fingerprint density at radius 3 is 1.96 bits per heavy atom. The van der Waals surface area contributed by atoms with Crippen LogP contribution in [0.5, 0.6) is 5.75 Å². The molecule has 0 saturated carbocycles. The van der Waals surface area contributed by atoms with Gasteiger partial charge in [0.15, 0.2) is 0 Å². The van der Waals surface area contributed by atoms with Gasteiger partial charge in [-0.05, 0) is 48.8 Å². The minimum absolute atomic E-state index is 0.215. The molecular formula is C26H47NO. The standard InChI is InChI=1S/C26H47NO/c1-7-11-15-18-26(5,6)23-16-17-25(28-21-14-10-4)24(22-23)27(19-12-8-2)20-13-9-3/h16-17,22H,7-15,18-21H2,1-6H3. The molecule has 0 aliphatic rings. The maximum absolute atomic E-state index is 6.24. The first-order valence-corrected chi connectivity index (χ1v) is 12.0. The smallest absolute Gasteiger partial charge is 0.142 e. The number of benzene rings is 1. The van der Waals surface area contributed by atoms with Gasteiger partial charge in [0.05, 0.1) is 12.3 Å². The third kappa shape index (κ3) is 8.45. The van der Waals surface area contributed by atoms with Gasteiger partial charge in [-0.3, -0.25) is 0 Å². The molecule has 2 nitrogen and oxygen atoms in total. The molecule has 0 amide bonds. The van der Waals surface area contributed by atoms with Gasteiger partial charge in [0.25, 0.3) is 0 Å². The zero-order chi connectivity index (χ0) is 20.8. The molecule has 162 valence electrons. The summed E-state index contributed by atoms with van der Waals surface area (Å²) in [5.41, 5.74) is 2.99. The summed E-state index contributed by atoms with van der Waals surface area (Å²) in [6, 6.07) is 7.00. The summed E-state index contributed by atoms with van der Waals surface area (Å²) in [6.45, 7) is 16.9. The molecular weight excluding hydrogens is 342 g/mol. The van der Waals surface area contributed by atoms with Gasteiger partial charge >= 0.3 is 0 Å². The van der Waals surface area contributed by atoms with Gasteiger partial charge in [0, 0.05) is 13.1 Å². The van der Waals surface area contributed by atoms with E-state index in [2.05, 4.69) is 64.6 Å². The molecule has 0 atom stereocenters. The summed E-state index contributed by atoms with van der Waals surface area (Å²) in [6.07, 6.45) is 12.4. The first-order chi connectivity index (χ1) is 13.5. The average molecular weight is 390 g/mol. The number of nitrogens with zero attached hydrogens (tertiary/aromatic N) is 1. The lowest BCUT2D eigenvalue weighted by molar-refractivity contribution is 0.309. The Balaban J connectivity index is 3.15. The molecule has 0 unspecified atom stereocenters. The second-order valence-corrected chi connectivity index (χ2v) is 8.92. The van der Waals surface area contributed by atoms with E-state index >= 15 is 0 Å². The molecule has 0 aromatic heterocycles. The molecule has 28 heavy (non-hydrogen) atoms. The summed E-state index contributed by atoms with van der Waals surface area (Å²) < 4.78 is 6.24. The van der Waals surface area contributed by atoms with E-state index in [9.17, 15) is 0 Å². The molecule has 0 aliphatic carbocycles. The highest BCUT2D eigenvalue weighted by molar-refractivity contribution is 5.61. The maximum atomic E-state index is 6.24. The molecule has 0 fully saturated rings. The van der Waals surface area contributed by atoms with Gasteiger partial charge in [-0.25, -0.2) is 0 Å². The minimum Gasteiger partial charge on any atom is -0.491 e. The summed E-state index contributed by atoms with van der Waals surface area (Å²) in [5.74, 6) is 1.08. The van der Waals surface area contributed by atoms with E-state index in [1.807, 2.05) is 0 Å². The lowest BCUT2D eigenvalue weighted by atomic mass is 9.79. The predicted molar refractivity (Wildman–Crippen MR) is 126 cm³/mol. The lowest BCUT2D eigenvalue weighted by Crippen LogP contribution is -2.27. The van der Waals surface area contributed by atoms with Crippen LogP contribution in [-0.4, -0.2) is 19.7 Å². The van der Waals surface area contributed by atoms with Gasteiger partial charge in [0.1, 0.15) is 5.75 Å². The van der Waals surface area contributed by atoms with Crippen molar-refractivity contribution < 1.29 is 4.74 Å². The van der Waals surface area contributed by atoms with E-state index in [-0.39, 0.29) is 5.41 Å². The van der Waals surface area contributed by atoms with Crippen molar-refractivity contribution in [3.8, 4) is 5.75 Å². The Hall–Kier alpha value is -1.18. The third-order valence-electron chi connectivity index (χ3n) is 5.81. The van der Waals surface area contributed by atoms with Crippen LogP contribution in [0.3, 0.4) is 0 Å². The summed E-state index contributed by atoms with van der Waals surface area (Å²) in [7, 11) is 0. The zero-order valence-electron chi connectivity index (χ0n) is 19.8. The zero-order valence-corrected chi connectivity index (χ0v) is 19.8. The Labute approximate surface area is 176 Å². The van der Waals surface area contributed by atoms with Gasteiger partial charge < -0.3 is 9.64 Å². The fourth-order valence-corrected chi connectivity index (χ4v) is 3.65. The van der Waals surface area contributed by atoms with E-state index in [1.54, 1.807) is 0 Å². The first kappa shape index (κ1) is 24.9.